The molecule has 1 aromatic heterocycles. The highest BCUT2D eigenvalue weighted by Gasteiger charge is 1.98. The lowest BCUT2D eigenvalue weighted by Gasteiger charge is -2.02. The quantitative estimate of drug-likeness (QED) is 0.748. The highest BCUT2D eigenvalue weighted by atomic mass is 16.3. The Morgan fingerprint density at radius 1 is 1.75 bits per heavy atom. The van der Waals surface area contributed by atoms with Crippen LogP contribution in [0, 0.1) is 0 Å². The van der Waals surface area contributed by atoms with Gasteiger partial charge in [-0.2, -0.15) is 0 Å². The standard InChI is InChI=1S/C10H14O2/c1-8(6-9(2)11)7-10-4-3-5-12-10/h3-5,7,9,11H,6H2,1-2H3/b8-7+. The smallest absolute Gasteiger partial charge is 0.126 e. The summed E-state index contributed by atoms with van der Waals surface area (Å²) in [5.41, 5.74) is 1.12. The van der Waals surface area contributed by atoms with Gasteiger partial charge in [0.15, 0.2) is 0 Å². The van der Waals surface area contributed by atoms with E-state index < -0.39 is 0 Å². The lowest BCUT2D eigenvalue weighted by molar-refractivity contribution is 0.195. The van der Waals surface area contributed by atoms with Crippen LogP contribution >= 0.6 is 0 Å². The maximum Gasteiger partial charge on any atom is 0.126 e. The summed E-state index contributed by atoms with van der Waals surface area (Å²) in [4.78, 5) is 0. The molecule has 0 saturated carbocycles. The van der Waals surface area contributed by atoms with Crippen LogP contribution in [0.4, 0.5) is 0 Å². The first-order chi connectivity index (χ1) is 5.68. The third kappa shape index (κ3) is 2.93. The van der Waals surface area contributed by atoms with Crippen LogP contribution in [0.5, 0.6) is 0 Å². The summed E-state index contributed by atoms with van der Waals surface area (Å²) in [6, 6.07) is 3.74. The Bertz CT molecular complexity index is 245. The highest BCUT2D eigenvalue weighted by Crippen LogP contribution is 2.11. The molecular formula is C10H14O2. The van der Waals surface area contributed by atoms with E-state index in [0.29, 0.717) is 6.42 Å². The lowest BCUT2D eigenvalue weighted by atomic mass is 10.1. The van der Waals surface area contributed by atoms with Crippen LogP contribution in [0.3, 0.4) is 0 Å². The topological polar surface area (TPSA) is 33.4 Å². The molecule has 66 valence electrons. The van der Waals surface area contributed by atoms with E-state index in [1.54, 1.807) is 13.2 Å². The van der Waals surface area contributed by atoms with Gasteiger partial charge in [0, 0.05) is 0 Å². The molecule has 1 N–H and O–H groups in total. The zero-order chi connectivity index (χ0) is 8.97. The minimum absolute atomic E-state index is 0.281. The molecule has 1 heterocycles. The fourth-order valence-corrected chi connectivity index (χ4v) is 1.14. The molecule has 1 atom stereocenters. The van der Waals surface area contributed by atoms with Crippen molar-refractivity contribution in [2.24, 2.45) is 0 Å². The van der Waals surface area contributed by atoms with Crippen molar-refractivity contribution < 1.29 is 9.52 Å². The first-order valence-corrected chi connectivity index (χ1v) is 4.07. The molecule has 12 heavy (non-hydrogen) atoms. The van der Waals surface area contributed by atoms with Gasteiger partial charge in [-0.25, -0.2) is 0 Å². The molecule has 2 heteroatoms. The van der Waals surface area contributed by atoms with Gasteiger partial charge in [-0.3, -0.25) is 0 Å². The lowest BCUT2D eigenvalue weighted by Crippen LogP contribution is -1.98. The normalized spacial score (nSPS) is 14.8. The molecular weight excluding hydrogens is 152 g/mol. The van der Waals surface area contributed by atoms with Gasteiger partial charge in [-0.05, 0) is 38.5 Å². The van der Waals surface area contributed by atoms with Crippen LogP contribution in [-0.2, 0) is 0 Å². The number of hydrogen-bond acceptors (Lipinski definition) is 2. The number of rotatable bonds is 3. The molecule has 1 unspecified atom stereocenters. The predicted molar refractivity (Wildman–Crippen MR) is 48.7 cm³/mol. The third-order valence-electron chi connectivity index (χ3n) is 1.55. The van der Waals surface area contributed by atoms with Crippen molar-refractivity contribution in [1.29, 1.82) is 0 Å². The van der Waals surface area contributed by atoms with Crippen molar-refractivity contribution in [3.05, 3.63) is 29.7 Å². The van der Waals surface area contributed by atoms with E-state index >= 15 is 0 Å². The monoisotopic (exact) mass is 166 g/mol. The molecule has 0 amide bonds. The molecule has 0 saturated heterocycles. The Kier molecular flexibility index (Phi) is 3.11. The summed E-state index contributed by atoms with van der Waals surface area (Å²) in [7, 11) is 0. The highest BCUT2D eigenvalue weighted by molar-refractivity contribution is 5.46. The van der Waals surface area contributed by atoms with Crippen LogP contribution in [0.1, 0.15) is 26.0 Å². The van der Waals surface area contributed by atoms with Crippen molar-refractivity contribution in [3.8, 4) is 0 Å². The maximum atomic E-state index is 9.08. The van der Waals surface area contributed by atoms with Crippen molar-refractivity contribution in [2.45, 2.75) is 26.4 Å². The molecule has 0 aliphatic rings. The Balaban J connectivity index is 2.57. The molecule has 0 aromatic carbocycles. The molecule has 0 bridgehead atoms. The number of furan rings is 1. The maximum absolute atomic E-state index is 9.08. The second-order valence-electron chi connectivity index (χ2n) is 3.06. The summed E-state index contributed by atoms with van der Waals surface area (Å²) < 4.78 is 5.13. The van der Waals surface area contributed by atoms with Crippen molar-refractivity contribution in [2.75, 3.05) is 0 Å². The molecule has 0 aliphatic heterocycles. The summed E-state index contributed by atoms with van der Waals surface area (Å²) in [6.45, 7) is 3.76. The Labute approximate surface area is 72.5 Å². The molecule has 2 nitrogen and oxygen atoms in total. The zero-order valence-corrected chi connectivity index (χ0v) is 7.45. The first-order valence-electron chi connectivity index (χ1n) is 4.07. The molecule has 1 aromatic rings. The zero-order valence-electron chi connectivity index (χ0n) is 7.45. The van der Waals surface area contributed by atoms with Gasteiger partial charge in [-0.1, -0.05) is 5.57 Å². The summed E-state index contributed by atoms with van der Waals surface area (Å²) >= 11 is 0. The minimum Gasteiger partial charge on any atom is -0.465 e. The van der Waals surface area contributed by atoms with Crippen LogP contribution < -0.4 is 0 Å². The second-order valence-corrected chi connectivity index (χ2v) is 3.06. The molecule has 1 rings (SSSR count). The van der Waals surface area contributed by atoms with E-state index in [9.17, 15) is 0 Å². The van der Waals surface area contributed by atoms with Gasteiger partial charge in [0.2, 0.25) is 0 Å². The van der Waals surface area contributed by atoms with Gasteiger partial charge in [0.25, 0.3) is 0 Å². The average Bonchev–Trinajstić information content (AvgIpc) is 2.37. The average molecular weight is 166 g/mol. The molecule has 0 radical (unpaired) electrons. The van der Waals surface area contributed by atoms with Crippen LogP contribution in [0.2, 0.25) is 0 Å². The van der Waals surface area contributed by atoms with Crippen LogP contribution in [-0.4, -0.2) is 11.2 Å². The largest absolute Gasteiger partial charge is 0.465 e. The van der Waals surface area contributed by atoms with Crippen molar-refractivity contribution in [3.63, 3.8) is 0 Å². The van der Waals surface area contributed by atoms with E-state index in [2.05, 4.69) is 0 Å². The second kappa shape index (κ2) is 4.12. The predicted octanol–water partition coefficient (Wildman–Crippen LogP) is 2.45. The Hall–Kier alpha value is -1.02. The summed E-state index contributed by atoms with van der Waals surface area (Å²) in [6.07, 6.45) is 3.99. The van der Waals surface area contributed by atoms with E-state index in [-0.39, 0.29) is 6.10 Å². The number of aliphatic hydroxyl groups is 1. The third-order valence-corrected chi connectivity index (χ3v) is 1.55. The van der Waals surface area contributed by atoms with E-state index in [4.69, 9.17) is 9.52 Å². The van der Waals surface area contributed by atoms with E-state index in [1.165, 1.54) is 0 Å². The minimum atomic E-state index is -0.281. The van der Waals surface area contributed by atoms with Gasteiger partial charge < -0.3 is 9.52 Å². The van der Waals surface area contributed by atoms with Gasteiger partial charge in [0.05, 0.1) is 12.4 Å². The van der Waals surface area contributed by atoms with Gasteiger partial charge in [0.1, 0.15) is 5.76 Å². The summed E-state index contributed by atoms with van der Waals surface area (Å²) in [5, 5.41) is 9.08. The van der Waals surface area contributed by atoms with Crippen LogP contribution in [0.15, 0.2) is 28.4 Å². The van der Waals surface area contributed by atoms with E-state index in [1.807, 2.05) is 25.1 Å². The fraction of sp³-hybridized carbons (Fsp3) is 0.400. The molecule has 0 aliphatic carbocycles. The molecule has 0 fully saturated rings. The van der Waals surface area contributed by atoms with Gasteiger partial charge in [-0.15, -0.1) is 0 Å². The molecule has 0 spiro atoms. The first kappa shape index (κ1) is 9.07. The fourth-order valence-electron chi connectivity index (χ4n) is 1.14. The van der Waals surface area contributed by atoms with E-state index in [0.717, 1.165) is 11.3 Å². The van der Waals surface area contributed by atoms with Gasteiger partial charge >= 0.3 is 0 Å². The Morgan fingerprint density at radius 3 is 3.00 bits per heavy atom. The van der Waals surface area contributed by atoms with Crippen molar-refractivity contribution >= 4 is 6.08 Å². The number of hydrogen-bond donors (Lipinski definition) is 1. The Morgan fingerprint density at radius 2 is 2.50 bits per heavy atom. The SMILES string of the molecule is C/C(=C\c1ccco1)CC(C)O. The van der Waals surface area contributed by atoms with Crippen molar-refractivity contribution in [1.82, 2.24) is 0 Å². The van der Waals surface area contributed by atoms with Crippen LogP contribution in [0.25, 0.3) is 6.08 Å². The summed E-state index contributed by atoms with van der Waals surface area (Å²) in [5.74, 6) is 0.841. The number of aliphatic hydroxyl groups excluding tert-OH is 1.